The predicted molar refractivity (Wildman–Crippen MR) is 117 cm³/mol. The van der Waals surface area contributed by atoms with Crippen molar-refractivity contribution in [2.24, 2.45) is 0 Å². The van der Waals surface area contributed by atoms with E-state index in [0.29, 0.717) is 17.0 Å². The normalized spacial score (nSPS) is 26.5. The SMILES string of the molecule is CC1(C)c2cc(N3C4CCC3CC(O)C4)ccc2C(=O)c2c1[nH]c1cc(C#N)sc21. The number of hydrogen-bond acceptors (Lipinski definition) is 5. The van der Waals surface area contributed by atoms with Gasteiger partial charge in [-0.2, -0.15) is 5.26 Å². The summed E-state index contributed by atoms with van der Waals surface area (Å²) in [6, 6.07) is 11.1. The Balaban J connectivity index is 1.49. The van der Waals surface area contributed by atoms with Crippen LogP contribution in [0.2, 0.25) is 0 Å². The van der Waals surface area contributed by atoms with Gasteiger partial charge < -0.3 is 15.0 Å². The Morgan fingerprint density at radius 2 is 1.97 bits per heavy atom. The van der Waals surface area contributed by atoms with E-state index in [2.05, 4.69) is 41.9 Å². The van der Waals surface area contributed by atoms with Gasteiger partial charge in [-0.3, -0.25) is 4.79 Å². The number of carbonyl (C=O) groups excluding carboxylic acids is 1. The highest BCUT2D eigenvalue weighted by Gasteiger charge is 2.43. The number of H-pyrrole nitrogens is 1. The first-order valence-corrected chi connectivity index (χ1v) is 11.4. The molecule has 0 amide bonds. The number of nitriles is 1. The number of carbonyl (C=O) groups is 1. The Labute approximate surface area is 178 Å². The van der Waals surface area contributed by atoms with Gasteiger partial charge in [-0.25, -0.2) is 0 Å². The van der Waals surface area contributed by atoms with Gasteiger partial charge >= 0.3 is 0 Å². The molecule has 2 N–H and O–H groups in total. The van der Waals surface area contributed by atoms with E-state index >= 15 is 0 Å². The van der Waals surface area contributed by atoms with Gasteiger partial charge in [0, 0.05) is 34.4 Å². The smallest absolute Gasteiger partial charge is 0.196 e. The number of rotatable bonds is 1. The molecule has 2 aliphatic heterocycles. The quantitative estimate of drug-likeness (QED) is 0.612. The number of benzene rings is 1. The number of aromatic amines is 1. The van der Waals surface area contributed by atoms with Gasteiger partial charge in [-0.05, 0) is 55.5 Å². The van der Waals surface area contributed by atoms with Crippen LogP contribution in [0.3, 0.4) is 0 Å². The van der Waals surface area contributed by atoms with Crippen LogP contribution in [0.15, 0.2) is 24.3 Å². The first-order valence-electron chi connectivity index (χ1n) is 10.6. The lowest BCUT2D eigenvalue weighted by atomic mass is 9.71. The van der Waals surface area contributed by atoms with Gasteiger partial charge in [0.05, 0.1) is 21.9 Å². The average molecular weight is 418 g/mol. The van der Waals surface area contributed by atoms with E-state index < -0.39 is 0 Å². The summed E-state index contributed by atoms with van der Waals surface area (Å²) in [6.45, 7) is 4.33. The number of hydrogen-bond donors (Lipinski definition) is 2. The zero-order chi connectivity index (χ0) is 20.8. The number of aliphatic hydroxyl groups is 1. The molecule has 6 heteroatoms. The highest BCUT2D eigenvalue weighted by molar-refractivity contribution is 7.20. The number of nitrogens with zero attached hydrogens (tertiary/aromatic N) is 2. The molecular formula is C24H23N3O2S. The van der Waals surface area contributed by atoms with E-state index in [1.54, 1.807) is 0 Å². The molecule has 4 heterocycles. The minimum Gasteiger partial charge on any atom is -0.393 e. The standard InChI is InChI=1S/C24H23N3O2S/c1-24(2)18-9-14(27-12-3-4-13(27)8-15(28)7-12)5-6-17(18)21(29)20-22-19(26-23(20)24)10-16(11-25)30-22/h5-6,9-10,12-13,15,26,28H,3-4,7-8H2,1-2H3. The van der Waals surface area contributed by atoms with Crippen molar-refractivity contribution in [3.63, 3.8) is 0 Å². The molecule has 0 radical (unpaired) electrons. The minimum atomic E-state index is -0.339. The number of piperidine rings is 1. The van der Waals surface area contributed by atoms with Gasteiger partial charge in [-0.15, -0.1) is 11.3 Å². The highest BCUT2D eigenvalue weighted by atomic mass is 32.1. The number of fused-ring (bicyclic) bond motifs is 6. The maximum atomic E-state index is 13.5. The fraction of sp³-hybridized carbons (Fsp3) is 0.417. The van der Waals surface area contributed by atoms with Crippen molar-refractivity contribution in [3.05, 3.63) is 51.5 Å². The summed E-state index contributed by atoms with van der Waals surface area (Å²) in [6.07, 6.45) is 3.71. The van der Waals surface area contributed by atoms with Crippen molar-refractivity contribution in [2.45, 2.75) is 63.1 Å². The molecule has 5 nitrogen and oxygen atoms in total. The van der Waals surface area contributed by atoms with Crippen LogP contribution < -0.4 is 4.90 Å². The maximum Gasteiger partial charge on any atom is 0.196 e. The van der Waals surface area contributed by atoms with Crippen LogP contribution in [0, 0.1) is 11.3 Å². The van der Waals surface area contributed by atoms with E-state index in [1.807, 2.05) is 12.1 Å². The topological polar surface area (TPSA) is 80.1 Å². The Kier molecular flexibility index (Phi) is 3.61. The van der Waals surface area contributed by atoms with E-state index in [-0.39, 0.29) is 17.3 Å². The van der Waals surface area contributed by atoms with Crippen molar-refractivity contribution < 1.29 is 9.90 Å². The number of ketones is 1. The fourth-order valence-electron chi connectivity index (χ4n) is 5.97. The van der Waals surface area contributed by atoms with Gasteiger partial charge in [0.1, 0.15) is 10.9 Å². The Morgan fingerprint density at radius 1 is 1.23 bits per heavy atom. The van der Waals surface area contributed by atoms with E-state index in [1.165, 1.54) is 11.3 Å². The summed E-state index contributed by atoms with van der Waals surface area (Å²) in [5, 5.41) is 19.4. The van der Waals surface area contributed by atoms with E-state index in [4.69, 9.17) is 0 Å². The van der Waals surface area contributed by atoms with Crippen molar-refractivity contribution in [3.8, 4) is 6.07 Å². The lowest BCUT2D eigenvalue weighted by Crippen LogP contribution is -2.45. The second-order valence-electron chi connectivity index (χ2n) is 9.44. The zero-order valence-electron chi connectivity index (χ0n) is 17.0. The molecule has 0 spiro atoms. The third-order valence-corrected chi connectivity index (χ3v) is 8.42. The van der Waals surface area contributed by atoms with Crippen molar-refractivity contribution in [1.29, 1.82) is 5.26 Å². The van der Waals surface area contributed by atoms with Crippen LogP contribution in [0.25, 0.3) is 10.2 Å². The Hall–Kier alpha value is -2.62. The molecule has 2 saturated heterocycles. The van der Waals surface area contributed by atoms with Gasteiger partial charge in [0.2, 0.25) is 0 Å². The molecule has 0 saturated carbocycles. The zero-order valence-corrected chi connectivity index (χ0v) is 17.8. The van der Waals surface area contributed by atoms with Gasteiger partial charge in [-0.1, -0.05) is 13.8 Å². The van der Waals surface area contributed by atoms with Gasteiger partial charge in [0.25, 0.3) is 0 Å². The summed E-state index contributed by atoms with van der Waals surface area (Å²) >= 11 is 1.39. The first kappa shape index (κ1) is 18.2. The molecule has 6 rings (SSSR count). The molecule has 3 aromatic rings. The van der Waals surface area contributed by atoms with E-state index in [9.17, 15) is 15.2 Å². The van der Waals surface area contributed by atoms with Crippen LogP contribution in [0.1, 0.15) is 71.6 Å². The number of thiophene rings is 1. The third-order valence-electron chi connectivity index (χ3n) is 7.36. The Bertz CT molecular complexity index is 1250. The number of aliphatic hydroxyl groups excluding tert-OH is 1. The molecular weight excluding hydrogens is 394 g/mol. The summed E-state index contributed by atoms with van der Waals surface area (Å²) in [4.78, 5) is 20.1. The van der Waals surface area contributed by atoms with E-state index in [0.717, 1.165) is 64.0 Å². The second-order valence-corrected chi connectivity index (χ2v) is 10.5. The molecule has 2 aromatic heterocycles. The Morgan fingerprint density at radius 3 is 2.67 bits per heavy atom. The van der Waals surface area contributed by atoms with Crippen LogP contribution in [-0.4, -0.2) is 34.1 Å². The van der Waals surface area contributed by atoms with Crippen molar-refractivity contribution >= 4 is 33.0 Å². The van der Waals surface area contributed by atoms with Crippen LogP contribution in [-0.2, 0) is 5.41 Å². The third kappa shape index (κ3) is 2.28. The first-order chi connectivity index (χ1) is 14.4. The van der Waals surface area contributed by atoms with Crippen molar-refractivity contribution in [1.82, 2.24) is 4.98 Å². The highest BCUT2D eigenvalue weighted by Crippen LogP contribution is 2.47. The molecule has 2 bridgehead atoms. The summed E-state index contributed by atoms with van der Waals surface area (Å²) in [7, 11) is 0. The fourth-order valence-corrected chi connectivity index (χ4v) is 6.93. The van der Waals surface area contributed by atoms with Gasteiger partial charge in [0.15, 0.2) is 5.78 Å². The molecule has 2 fully saturated rings. The molecule has 2 unspecified atom stereocenters. The summed E-state index contributed by atoms with van der Waals surface area (Å²) in [5.74, 6) is 0.0421. The van der Waals surface area contributed by atoms with Crippen LogP contribution in [0.5, 0.6) is 0 Å². The second kappa shape index (κ2) is 5.96. The van der Waals surface area contributed by atoms with Crippen LogP contribution in [0.4, 0.5) is 5.69 Å². The monoisotopic (exact) mass is 417 g/mol. The lowest BCUT2D eigenvalue weighted by Gasteiger charge is -2.40. The maximum absolute atomic E-state index is 13.5. The molecule has 30 heavy (non-hydrogen) atoms. The van der Waals surface area contributed by atoms with Crippen LogP contribution >= 0.6 is 11.3 Å². The molecule has 2 atom stereocenters. The summed E-state index contributed by atoms with van der Waals surface area (Å²) < 4.78 is 0.886. The number of aromatic nitrogens is 1. The average Bonchev–Trinajstić information content (AvgIpc) is 3.35. The lowest BCUT2D eigenvalue weighted by molar-refractivity contribution is 0.103. The molecule has 152 valence electrons. The molecule has 3 aliphatic rings. The minimum absolute atomic E-state index is 0.0421. The number of nitrogens with one attached hydrogen (secondary N) is 1. The summed E-state index contributed by atoms with van der Waals surface area (Å²) in [5.41, 5.74) is 5.18. The molecule has 1 aliphatic carbocycles. The largest absolute Gasteiger partial charge is 0.393 e. The van der Waals surface area contributed by atoms with Crippen molar-refractivity contribution in [2.75, 3.05) is 4.90 Å². The molecule has 1 aromatic carbocycles. The number of anilines is 1. The predicted octanol–water partition coefficient (Wildman–Crippen LogP) is 4.46.